The predicted molar refractivity (Wildman–Crippen MR) is 107 cm³/mol. The summed E-state index contributed by atoms with van der Waals surface area (Å²) in [7, 11) is 0. The molecule has 1 fully saturated rings. The van der Waals surface area contributed by atoms with Gasteiger partial charge in [0.1, 0.15) is 11.6 Å². The van der Waals surface area contributed by atoms with Crippen LogP contribution in [0.2, 0.25) is 0 Å². The number of hydrogen-bond donors (Lipinski definition) is 0. The van der Waals surface area contributed by atoms with Gasteiger partial charge in [-0.2, -0.15) is 5.10 Å². The fourth-order valence-corrected chi connectivity index (χ4v) is 3.62. The van der Waals surface area contributed by atoms with E-state index in [1.807, 2.05) is 36.3 Å². The van der Waals surface area contributed by atoms with Crippen LogP contribution >= 0.6 is 0 Å². The van der Waals surface area contributed by atoms with Gasteiger partial charge < -0.3 is 4.90 Å². The first-order chi connectivity index (χ1) is 13.2. The second-order valence-electron chi connectivity index (χ2n) is 7.21. The van der Waals surface area contributed by atoms with Gasteiger partial charge in [-0.05, 0) is 31.0 Å². The Bertz CT molecular complexity index is 881. The summed E-state index contributed by atoms with van der Waals surface area (Å²) in [5, 5.41) is 4.30. The molecule has 0 atom stereocenters. The zero-order chi connectivity index (χ0) is 18.6. The molecule has 1 saturated heterocycles. The van der Waals surface area contributed by atoms with Crippen molar-refractivity contribution in [2.24, 2.45) is 0 Å². The van der Waals surface area contributed by atoms with Crippen LogP contribution < -0.4 is 4.90 Å². The molecular formula is C21H26N6. The molecule has 1 aromatic carbocycles. The lowest BCUT2D eigenvalue weighted by Gasteiger charge is -2.36. The zero-order valence-corrected chi connectivity index (χ0v) is 16.0. The highest BCUT2D eigenvalue weighted by Crippen LogP contribution is 2.19. The van der Waals surface area contributed by atoms with E-state index in [0.29, 0.717) is 0 Å². The Morgan fingerprint density at radius 1 is 0.963 bits per heavy atom. The first-order valence-electron chi connectivity index (χ1n) is 9.50. The monoisotopic (exact) mass is 362 g/mol. The van der Waals surface area contributed by atoms with Gasteiger partial charge in [0, 0.05) is 56.9 Å². The van der Waals surface area contributed by atoms with E-state index in [1.165, 1.54) is 11.1 Å². The Labute approximate surface area is 160 Å². The third-order valence-electron chi connectivity index (χ3n) is 5.04. The van der Waals surface area contributed by atoms with Crippen LogP contribution in [0.5, 0.6) is 0 Å². The van der Waals surface area contributed by atoms with E-state index in [9.17, 15) is 0 Å². The number of hydrogen-bond acceptors (Lipinski definition) is 5. The standard InChI is InChI=1S/C21H26N6/c1-17-14-22-18(2)24-21(17)26-11-9-25(10-12-26)15-19-5-3-6-20(13-19)16-27-8-4-7-23-27/h3-8,13-14H,9-12,15-16H2,1-2H3. The molecule has 0 N–H and O–H groups in total. The maximum atomic E-state index is 4.64. The minimum absolute atomic E-state index is 0.820. The molecule has 27 heavy (non-hydrogen) atoms. The zero-order valence-electron chi connectivity index (χ0n) is 16.0. The second kappa shape index (κ2) is 7.88. The topological polar surface area (TPSA) is 50.1 Å². The highest BCUT2D eigenvalue weighted by molar-refractivity contribution is 5.45. The molecule has 1 aliphatic heterocycles. The van der Waals surface area contributed by atoms with Crippen LogP contribution in [0.25, 0.3) is 0 Å². The maximum absolute atomic E-state index is 4.64. The van der Waals surface area contributed by atoms with Crippen LogP contribution in [-0.4, -0.2) is 50.8 Å². The molecule has 1 aliphatic rings. The first-order valence-corrected chi connectivity index (χ1v) is 9.50. The fourth-order valence-electron chi connectivity index (χ4n) is 3.62. The molecule has 2 aromatic heterocycles. The van der Waals surface area contributed by atoms with Crippen molar-refractivity contribution in [2.45, 2.75) is 26.9 Å². The summed E-state index contributed by atoms with van der Waals surface area (Å²) >= 11 is 0. The fraction of sp³-hybridized carbons (Fsp3) is 0.381. The molecular weight excluding hydrogens is 336 g/mol. The minimum atomic E-state index is 0.820. The molecule has 3 heterocycles. The van der Waals surface area contributed by atoms with E-state index in [0.717, 1.165) is 56.5 Å². The van der Waals surface area contributed by atoms with E-state index in [2.05, 4.69) is 56.1 Å². The van der Waals surface area contributed by atoms with E-state index < -0.39 is 0 Å². The summed E-state index contributed by atoms with van der Waals surface area (Å²) in [6, 6.07) is 10.8. The van der Waals surface area contributed by atoms with Crippen LogP contribution in [0.3, 0.4) is 0 Å². The van der Waals surface area contributed by atoms with Crippen molar-refractivity contribution >= 4 is 5.82 Å². The Morgan fingerprint density at radius 3 is 2.48 bits per heavy atom. The maximum Gasteiger partial charge on any atom is 0.135 e. The average molecular weight is 362 g/mol. The number of aryl methyl sites for hydroxylation is 2. The number of nitrogens with zero attached hydrogens (tertiary/aromatic N) is 6. The second-order valence-corrected chi connectivity index (χ2v) is 7.21. The lowest BCUT2D eigenvalue weighted by Crippen LogP contribution is -2.46. The van der Waals surface area contributed by atoms with Gasteiger partial charge in [0.25, 0.3) is 0 Å². The largest absolute Gasteiger partial charge is 0.354 e. The third-order valence-corrected chi connectivity index (χ3v) is 5.04. The lowest BCUT2D eigenvalue weighted by atomic mass is 10.1. The highest BCUT2D eigenvalue weighted by Gasteiger charge is 2.19. The molecule has 0 radical (unpaired) electrons. The van der Waals surface area contributed by atoms with Crippen LogP contribution in [0.15, 0.2) is 48.9 Å². The van der Waals surface area contributed by atoms with Crippen molar-refractivity contribution in [3.8, 4) is 0 Å². The van der Waals surface area contributed by atoms with Gasteiger partial charge in [-0.15, -0.1) is 0 Å². The Balaban J connectivity index is 1.36. The Hall–Kier alpha value is -2.73. The van der Waals surface area contributed by atoms with Crippen molar-refractivity contribution in [3.05, 3.63) is 71.4 Å². The SMILES string of the molecule is Cc1ncc(C)c(N2CCN(Cc3cccc(Cn4cccn4)c3)CC2)n1. The number of piperazine rings is 1. The smallest absolute Gasteiger partial charge is 0.135 e. The van der Waals surface area contributed by atoms with Gasteiger partial charge in [0.15, 0.2) is 0 Å². The van der Waals surface area contributed by atoms with Crippen LogP contribution in [-0.2, 0) is 13.1 Å². The number of rotatable bonds is 5. The first kappa shape index (κ1) is 17.7. The van der Waals surface area contributed by atoms with Crippen molar-refractivity contribution < 1.29 is 0 Å². The summed E-state index contributed by atoms with van der Waals surface area (Å²) in [5.74, 6) is 1.93. The number of benzene rings is 1. The average Bonchev–Trinajstić information content (AvgIpc) is 3.18. The molecule has 6 nitrogen and oxygen atoms in total. The summed E-state index contributed by atoms with van der Waals surface area (Å²) in [6.07, 6.45) is 5.75. The minimum Gasteiger partial charge on any atom is -0.354 e. The van der Waals surface area contributed by atoms with E-state index in [1.54, 1.807) is 0 Å². The summed E-state index contributed by atoms with van der Waals surface area (Å²) in [4.78, 5) is 13.8. The normalized spacial score (nSPS) is 15.3. The molecule has 3 aromatic rings. The number of aromatic nitrogens is 4. The quantitative estimate of drug-likeness (QED) is 0.698. The Morgan fingerprint density at radius 2 is 1.74 bits per heavy atom. The van der Waals surface area contributed by atoms with E-state index >= 15 is 0 Å². The highest BCUT2D eigenvalue weighted by atomic mass is 15.3. The van der Waals surface area contributed by atoms with Crippen molar-refractivity contribution in [1.29, 1.82) is 0 Å². The van der Waals surface area contributed by atoms with Crippen LogP contribution in [0.1, 0.15) is 22.5 Å². The number of anilines is 1. The Kier molecular flexibility index (Phi) is 5.16. The molecule has 140 valence electrons. The molecule has 0 unspecified atom stereocenters. The van der Waals surface area contributed by atoms with Gasteiger partial charge >= 0.3 is 0 Å². The summed E-state index contributed by atoms with van der Waals surface area (Å²) < 4.78 is 1.96. The predicted octanol–water partition coefficient (Wildman–Crippen LogP) is 2.66. The van der Waals surface area contributed by atoms with Gasteiger partial charge in [-0.3, -0.25) is 9.58 Å². The molecule has 0 amide bonds. The van der Waals surface area contributed by atoms with Crippen molar-refractivity contribution in [1.82, 2.24) is 24.6 Å². The molecule has 6 heteroatoms. The van der Waals surface area contributed by atoms with E-state index in [4.69, 9.17) is 0 Å². The van der Waals surface area contributed by atoms with Crippen LogP contribution in [0.4, 0.5) is 5.82 Å². The lowest BCUT2D eigenvalue weighted by molar-refractivity contribution is 0.249. The molecule has 0 spiro atoms. The van der Waals surface area contributed by atoms with Crippen LogP contribution in [0, 0.1) is 13.8 Å². The van der Waals surface area contributed by atoms with Gasteiger partial charge in [0.2, 0.25) is 0 Å². The molecule has 0 bridgehead atoms. The molecule has 0 saturated carbocycles. The van der Waals surface area contributed by atoms with Gasteiger partial charge in [0.05, 0.1) is 6.54 Å². The van der Waals surface area contributed by atoms with E-state index in [-0.39, 0.29) is 0 Å². The molecule has 0 aliphatic carbocycles. The summed E-state index contributed by atoms with van der Waals surface area (Å²) in [5.41, 5.74) is 3.81. The van der Waals surface area contributed by atoms with Gasteiger partial charge in [-0.25, -0.2) is 9.97 Å². The summed E-state index contributed by atoms with van der Waals surface area (Å²) in [6.45, 7) is 9.96. The van der Waals surface area contributed by atoms with Crippen molar-refractivity contribution in [3.63, 3.8) is 0 Å². The third kappa shape index (κ3) is 4.34. The van der Waals surface area contributed by atoms with Gasteiger partial charge in [-0.1, -0.05) is 24.3 Å². The van der Waals surface area contributed by atoms with Crippen molar-refractivity contribution in [2.75, 3.05) is 31.1 Å². The molecule has 4 rings (SSSR count).